The lowest BCUT2D eigenvalue weighted by molar-refractivity contribution is 0.341. The molecule has 2 heterocycles. The lowest BCUT2D eigenvalue weighted by Crippen LogP contribution is -1.98. The van der Waals surface area contributed by atoms with E-state index in [9.17, 15) is 0 Å². The molecule has 23 heavy (non-hydrogen) atoms. The molecule has 0 fully saturated rings. The number of H-pyrrole nitrogens is 1. The highest BCUT2D eigenvalue weighted by Gasteiger charge is 2.15. The zero-order valence-electron chi connectivity index (χ0n) is 13.6. The lowest BCUT2D eigenvalue weighted by atomic mass is 10.1. The largest absolute Gasteiger partial charge is 0.493 e. The van der Waals surface area contributed by atoms with E-state index in [1.54, 1.807) is 0 Å². The molecule has 5 nitrogen and oxygen atoms in total. The van der Waals surface area contributed by atoms with Crippen molar-refractivity contribution in [1.82, 2.24) is 19.7 Å². The van der Waals surface area contributed by atoms with Crippen molar-refractivity contribution in [2.45, 2.75) is 26.7 Å². The highest BCUT2D eigenvalue weighted by Crippen LogP contribution is 2.29. The Labute approximate surface area is 140 Å². The van der Waals surface area contributed by atoms with E-state index in [1.165, 1.54) is 0 Å². The lowest BCUT2D eigenvalue weighted by Gasteiger charge is -2.09. The third-order valence-corrected chi connectivity index (χ3v) is 3.99. The maximum atomic E-state index is 5.71. The van der Waals surface area contributed by atoms with Crippen molar-refractivity contribution in [2.24, 2.45) is 7.05 Å². The molecular formula is C17H20N4OS. The van der Waals surface area contributed by atoms with Crippen LogP contribution in [-0.2, 0) is 13.5 Å². The average molecular weight is 328 g/mol. The first kappa shape index (κ1) is 15.7. The van der Waals surface area contributed by atoms with Gasteiger partial charge in [-0.3, -0.25) is 4.68 Å². The third kappa shape index (κ3) is 2.86. The fourth-order valence-electron chi connectivity index (χ4n) is 2.72. The van der Waals surface area contributed by atoms with Crippen LogP contribution in [0.4, 0.5) is 0 Å². The van der Waals surface area contributed by atoms with Crippen molar-refractivity contribution in [3.63, 3.8) is 0 Å². The van der Waals surface area contributed by atoms with E-state index in [4.69, 9.17) is 21.9 Å². The number of rotatable bonds is 5. The molecule has 0 radical (unpaired) electrons. The summed E-state index contributed by atoms with van der Waals surface area (Å²) >= 11 is 5.54. The molecule has 6 heteroatoms. The number of fused-ring (bicyclic) bond motifs is 1. The molecule has 0 bridgehead atoms. The van der Waals surface area contributed by atoms with Crippen LogP contribution in [0.1, 0.15) is 26.0 Å². The van der Waals surface area contributed by atoms with Gasteiger partial charge in [-0.25, -0.2) is 4.98 Å². The van der Waals surface area contributed by atoms with Gasteiger partial charge in [0.15, 0.2) is 0 Å². The van der Waals surface area contributed by atoms with Gasteiger partial charge >= 0.3 is 0 Å². The molecule has 0 saturated heterocycles. The topological polar surface area (TPSA) is 55.7 Å². The Hall–Kier alpha value is -2.21. The number of ether oxygens (including phenoxy) is 1. The van der Waals surface area contributed by atoms with Crippen molar-refractivity contribution < 1.29 is 4.74 Å². The number of hydrogen-bond donors (Lipinski definition) is 1. The molecule has 1 aromatic carbocycles. The second kappa shape index (κ2) is 6.50. The smallest absolute Gasteiger partial charge is 0.142 e. The van der Waals surface area contributed by atoms with E-state index in [0.29, 0.717) is 11.2 Å². The number of nitrogens with one attached hydrogen (secondary N) is 1. The van der Waals surface area contributed by atoms with Gasteiger partial charge in [0, 0.05) is 7.05 Å². The first-order valence-corrected chi connectivity index (χ1v) is 8.24. The van der Waals surface area contributed by atoms with E-state index >= 15 is 0 Å². The summed E-state index contributed by atoms with van der Waals surface area (Å²) in [6.07, 6.45) is 1.90. The number of aromatic amines is 1. The summed E-state index contributed by atoms with van der Waals surface area (Å²) in [7, 11) is 1.90. The van der Waals surface area contributed by atoms with Crippen LogP contribution in [0.5, 0.6) is 5.75 Å². The van der Waals surface area contributed by atoms with Crippen molar-refractivity contribution >= 4 is 23.3 Å². The summed E-state index contributed by atoms with van der Waals surface area (Å²) in [6.45, 7) is 4.71. The first-order chi connectivity index (χ1) is 11.2. The molecule has 0 saturated carbocycles. The molecule has 0 spiro atoms. The predicted octanol–water partition coefficient (Wildman–Crippen LogP) is 4.04. The number of aryl methyl sites for hydroxylation is 2. The highest BCUT2D eigenvalue weighted by molar-refractivity contribution is 7.71. The molecule has 1 N–H and O–H groups in total. The van der Waals surface area contributed by atoms with Crippen LogP contribution in [0.25, 0.3) is 22.4 Å². The Morgan fingerprint density at radius 2 is 2.04 bits per heavy atom. The zero-order chi connectivity index (χ0) is 16.4. The van der Waals surface area contributed by atoms with Crippen LogP contribution >= 0.6 is 12.2 Å². The maximum absolute atomic E-state index is 5.71. The van der Waals surface area contributed by atoms with Gasteiger partial charge in [0.2, 0.25) is 0 Å². The quantitative estimate of drug-likeness (QED) is 0.718. The average Bonchev–Trinajstić information content (AvgIpc) is 2.85. The minimum absolute atomic E-state index is 0.605. The van der Waals surface area contributed by atoms with E-state index in [0.717, 1.165) is 46.7 Å². The number of benzene rings is 1. The van der Waals surface area contributed by atoms with E-state index in [-0.39, 0.29) is 0 Å². The highest BCUT2D eigenvalue weighted by atomic mass is 32.1. The SMILES string of the molecule is CCCc1nn(C)c2c(=S)[nH]c(-c3ccccc3OCC)nc12. The molecule has 120 valence electrons. The van der Waals surface area contributed by atoms with E-state index < -0.39 is 0 Å². The van der Waals surface area contributed by atoms with E-state index in [1.807, 2.05) is 42.9 Å². The van der Waals surface area contributed by atoms with Crippen LogP contribution in [0.2, 0.25) is 0 Å². The van der Waals surface area contributed by atoms with Gasteiger partial charge in [-0.05, 0) is 25.5 Å². The molecule has 0 aliphatic heterocycles. The summed E-state index contributed by atoms with van der Waals surface area (Å²) in [5, 5.41) is 4.57. The van der Waals surface area contributed by atoms with Crippen LogP contribution in [-0.4, -0.2) is 26.4 Å². The fourth-order valence-corrected chi connectivity index (χ4v) is 3.05. The van der Waals surface area contributed by atoms with Gasteiger partial charge in [-0.2, -0.15) is 5.10 Å². The van der Waals surface area contributed by atoms with Gasteiger partial charge in [0.25, 0.3) is 0 Å². The fraction of sp³-hybridized carbons (Fsp3) is 0.353. The monoisotopic (exact) mass is 328 g/mol. The van der Waals surface area contributed by atoms with Gasteiger partial charge < -0.3 is 9.72 Å². The van der Waals surface area contributed by atoms with E-state index in [2.05, 4.69) is 17.0 Å². The summed E-state index contributed by atoms with van der Waals surface area (Å²) in [4.78, 5) is 8.03. The number of hydrogen-bond acceptors (Lipinski definition) is 4. The Kier molecular flexibility index (Phi) is 4.43. The maximum Gasteiger partial charge on any atom is 0.142 e. The molecule has 2 aromatic heterocycles. The third-order valence-electron chi connectivity index (χ3n) is 3.69. The Morgan fingerprint density at radius 1 is 1.26 bits per heavy atom. The number of nitrogens with zero attached hydrogens (tertiary/aromatic N) is 3. The van der Waals surface area contributed by atoms with Crippen molar-refractivity contribution in [3.8, 4) is 17.1 Å². The van der Waals surface area contributed by atoms with Gasteiger partial charge in [-0.1, -0.05) is 37.7 Å². The number of aromatic nitrogens is 4. The Balaban J connectivity index is 2.24. The molecule has 0 aliphatic carbocycles. The summed E-state index contributed by atoms with van der Waals surface area (Å²) in [5.41, 5.74) is 3.65. The molecule has 0 amide bonds. The minimum atomic E-state index is 0.605. The zero-order valence-corrected chi connectivity index (χ0v) is 14.4. The first-order valence-electron chi connectivity index (χ1n) is 7.83. The van der Waals surface area contributed by atoms with Crippen LogP contribution in [0.3, 0.4) is 0 Å². The van der Waals surface area contributed by atoms with Crippen LogP contribution in [0, 0.1) is 4.64 Å². The molecule has 0 aliphatic rings. The van der Waals surface area contributed by atoms with Crippen LogP contribution < -0.4 is 4.74 Å². The minimum Gasteiger partial charge on any atom is -0.493 e. The molecule has 3 rings (SSSR count). The Bertz CT molecular complexity index is 897. The van der Waals surface area contributed by atoms with Gasteiger partial charge in [-0.15, -0.1) is 0 Å². The molecule has 0 unspecified atom stereocenters. The predicted molar refractivity (Wildman–Crippen MR) is 94.3 cm³/mol. The normalized spacial score (nSPS) is 11.1. The Morgan fingerprint density at radius 3 is 2.78 bits per heavy atom. The summed E-state index contributed by atoms with van der Waals surface area (Å²) in [6, 6.07) is 7.85. The van der Waals surface area contributed by atoms with Gasteiger partial charge in [0.1, 0.15) is 27.2 Å². The second-order valence-electron chi connectivity index (χ2n) is 5.36. The summed E-state index contributed by atoms with van der Waals surface area (Å²) < 4.78 is 8.17. The standard InChI is InChI=1S/C17H20N4OS/c1-4-8-12-14-15(21(3)20-12)17(23)19-16(18-14)11-9-6-7-10-13(11)22-5-2/h6-7,9-10H,4-5,8H2,1-3H3,(H,18,19,23). The van der Waals surface area contributed by atoms with Crippen molar-refractivity contribution in [3.05, 3.63) is 34.6 Å². The van der Waals surface area contributed by atoms with Crippen LogP contribution in [0.15, 0.2) is 24.3 Å². The summed E-state index contributed by atoms with van der Waals surface area (Å²) in [5.74, 6) is 1.52. The molecule has 3 aromatic rings. The number of para-hydroxylation sites is 1. The van der Waals surface area contributed by atoms with Crippen molar-refractivity contribution in [2.75, 3.05) is 6.61 Å². The molecule has 0 atom stereocenters. The van der Waals surface area contributed by atoms with Gasteiger partial charge in [0.05, 0.1) is 17.9 Å². The molecular weight excluding hydrogens is 308 g/mol. The van der Waals surface area contributed by atoms with Crippen molar-refractivity contribution in [1.29, 1.82) is 0 Å². The second-order valence-corrected chi connectivity index (χ2v) is 5.77.